The number of aryl methyl sites for hydroxylation is 2. The third kappa shape index (κ3) is 7.34. The molecular formula is C19H29FIN5S. The molecule has 2 N–H and O–H groups in total. The number of nitrogens with one attached hydrogen (secondary N) is 2. The first-order valence-corrected chi connectivity index (χ1v) is 9.59. The molecule has 0 saturated heterocycles. The van der Waals surface area contributed by atoms with E-state index in [2.05, 4.69) is 25.5 Å². The third-order valence-corrected chi connectivity index (χ3v) is 5.12. The first-order valence-electron chi connectivity index (χ1n) is 8.77. The number of aromatic nitrogens is 1. The van der Waals surface area contributed by atoms with E-state index in [0.29, 0.717) is 13.1 Å². The minimum Gasteiger partial charge on any atom is -0.357 e. The van der Waals surface area contributed by atoms with Gasteiger partial charge in [0.25, 0.3) is 0 Å². The Kier molecular flexibility index (Phi) is 10.2. The van der Waals surface area contributed by atoms with Crippen molar-refractivity contribution >= 4 is 41.3 Å². The van der Waals surface area contributed by atoms with Crippen molar-refractivity contribution in [1.82, 2.24) is 20.5 Å². The highest BCUT2D eigenvalue weighted by molar-refractivity contribution is 14.0. The number of hydrogen-bond acceptors (Lipinski definition) is 4. The summed E-state index contributed by atoms with van der Waals surface area (Å²) in [5.74, 6) is 0.552. The van der Waals surface area contributed by atoms with Gasteiger partial charge in [-0.15, -0.1) is 35.3 Å². The summed E-state index contributed by atoms with van der Waals surface area (Å²) >= 11 is 1.68. The first-order chi connectivity index (χ1) is 12.4. The zero-order valence-electron chi connectivity index (χ0n) is 16.5. The summed E-state index contributed by atoms with van der Waals surface area (Å²) in [5, 5.41) is 7.74. The predicted octanol–water partition coefficient (Wildman–Crippen LogP) is 3.88. The first kappa shape index (κ1) is 23.8. The van der Waals surface area contributed by atoms with Gasteiger partial charge in [-0.05, 0) is 52.6 Å². The minimum atomic E-state index is -0.218. The summed E-state index contributed by atoms with van der Waals surface area (Å²) in [6, 6.07) is 6.77. The van der Waals surface area contributed by atoms with Crippen LogP contribution in [0.2, 0.25) is 0 Å². The fourth-order valence-electron chi connectivity index (χ4n) is 2.69. The van der Waals surface area contributed by atoms with Gasteiger partial charge < -0.3 is 15.5 Å². The van der Waals surface area contributed by atoms with Crippen LogP contribution in [0, 0.1) is 19.7 Å². The maximum absolute atomic E-state index is 13.2. The highest BCUT2D eigenvalue weighted by Gasteiger charge is 2.15. The quantitative estimate of drug-likeness (QED) is 0.341. The maximum atomic E-state index is 13.2. The molecule has 150 valence electrons. The van der Waals surface area contributed by atoms with Gasteiger partial charge in [0, 0.05) is 18.0 Å². The van der Waals surface area contributed by atoms with Gasteiger partial charge in [0.15, 0.2) is 5.96 Å². The molecule has 1 unspecified atom stereocenters. The zero-order valence-corrected chi connectivity index (χ0v) is 19.7. The molecular weight excluding hydrogens is 476 g/mol. The van der Waals surface area contributed by atoms with Crippen LogP contribution in [0.3, 0.4) is 0 Å². The topological polar surface area (TPSA) is 52.6 Å². The van der Waals surface area contributed by atoms with Crippen molar-refractivity contribution in [3.05, 3.63) is 51.2 Å². The molecule has 0 spiro atoms. The molecule has 1 heterocycles. The number of guanidine groups is 1. The van der Waals surface area contributed by atoms with Crippen molar-refractivity contribution in [2.45, 2.75) is 33.4 Å². The van der Waals surface area contributed by atoms with Gasteiger partial charge in [-0.2, -0.15) is 0 Å². The van der Waals surface area contributed by atoms with Crippen molar-refractivity contribution in [3.63, 3.8) is 0 Å². The van der Waals surface area contributed by atoms with Crippen LogP contribution >= 0.6 is 35.3 Å². The van der Waals surface area contributed by atoms with E-state index in [-0.39, 0.29) is 35.8 Å². The fourth-order valence-corrected chi connectivity index (χ4v) is 3.55. The number of hydrogen-bond donors (Lipinski definition) is 2. The van der Waals surface area contributed by atoms with Crippen LogP contribution in [0.15, 0.2) is 29.3 Å². The van der Waals surface area contributed by atoms with Gasteiger partial charge in [-0.3, -0.25) is 0 Å². The molecule has 0 aliphatic carbocycles. The Labute approximate surface area is 182 Å². The molecule has 27 heavy (non-hydrogen) atoms. The largest absolute Gasteiger partial charge is 0.357 e. The van der Waals surface area contributed by atoms with E-state index < -0.39 is 0 Å². The molecule has 2 aromatic rings. The van der Waals surface area contributed by atoms with Crippen molar-refractivity contribution in [3.8, 4) is 0 Å². The highest BCUT2D eigenvalue weighted by atomic mass is 127. The molecule has 0 fully saturated rings. The number of likely N-dealkylation sites (N-methyl/N-ethyl adjacent to an activating group) is 1. The Morgan fingerprint density at radius 2 is 1.89 bits per heavy atom. The molecule has 0 amide bonds. The average Bonchev–Trinajstić information content (AvgIpc) is 2.91. The SMILES string of the molecule is CCNC(=NCc1sc(C)nc1C)NCC(c1ccc(F)cc1)N(C)C.I. The van der Waals surface area contributed by atoms with E-state index in [0.717, 1.165) is 28.8 Å². The maximum Gasteiger partial charge on any atom is 0.191 e. The normalized spacial score (nSPS) is 12.6. The van der Waals surface area contributed by atoms with Crippen LogP contribution in [-0.4, -0.2) is 43.0 Å². The average molecular weight is 505 g/mol. The second-order valence-corrected chi connectivity index (χ2v) is 7.64. The highest BCUT2D eigenvalue weighted by Crippen LogP contribution is 2.19. The van der Waals surface area contributed by atoms with Gasteiger partial charge in [0.1, 0.15) is 5.82 Å². The number of nitrogens with zero attached hydrogens (tertiary/aromatic N) is 3. The van der Waals surface area contributed by atoms with E-state index in [9.17, 15) is 4.39 Å². The molecule has 0 saturated carbocycles. The standard InChI is InChI=1S/C19H28FN5S.HI/c1-6-21-19(23-12-18-13(2)24-14(3)26-18)22-11-17(25(4)5)15-7-9-16(20)10-8-15;/h7-10,17H,6,11-12H2,1-5H3,(H2,21,22,23);1H. The summed E-state index contributed by atoms with van der Waals surface area (Å²) < 4.78 is 13.2. The van der Waals surface area contributed by atoms with Crippen LogP contribution in [-0.2, 0) is 6.54 Å². The Morgan fingerprint density at radius 1 is 1.22 bits per heavy atom. The number of benzene rings is 1. The molecule has 1 aromatic heterocycles. The summed E-state index contributed by atoms with van der Waals surface area (Å²) in [5.41, 5.74) is 2.11. The Hall–Kier alpha value is -1.26. The summed E-state index contributed by atoms with van der Waals surface area (Å²) in [4.78, 5) is 12.4. The minimum absolute atomic E-state index is 0. The lowest BCUT2D eigenvalue weighted by Crippen LogP contribution is -2.41. The van der Waals surface area contributed by atoms with Crippen LogP contribution in [0.1, 0.15) is 34.1 Å². The number of rotatable bonds is 7. The molecule has 1 aromatic carbocycles. The molecule has 0 radical (unpaired) electrons. The van der Waals surface area contributed by atoms with Crippen LogP contribution in [0.25, 0.3) is 0 Å². The van der Waals surface area contributed by atoms with Crippen LogP contribution in [0.5, 0.6) is 0 Å². The molecule has 8 heteroatoms. The van der Waals surface area contributed by atoms with E-state index in [1.54, 1.807) is 11.3 Å². The van der Waals surface area contributed by atoms with Gasteiger partial charge in [0.05, 0.1) is 23.3 Å². The zero-order chi connectivity index (χ0) is 19.1. The second kappa shape index (κ2) is 11.6. The van der Waals surface area contributed by atoms with Crippen molar-refractivity contribution < 1.29 is 4.39 Å². The van der Waals surface area contributed by atoms with Crippen molar-refractivity contribution in [2.75, 3.05) is 27.2 Å². The molecule has 1 atom stereocenters. The molecule has 2 rings (SSSR count). The van der Waals surface area contributed by atoms with E-state index in [1.807, 2.05) is 47.0 Å². The summed E-state index contributed by atoms with van der Waals surface area (Å²) in [7, 11) is 4.03. The Bertz CT molecular complexity index is 730. The Balaban J connectivity index is 0.00000364. The van der Waals surface area contributed by atoms with Crippen molar-refractivity contribution in [1.29, 1.82) is 0 Å². The molecule has 5 nitrogen and oxygen atoms in total. The fraction of sp³-hybridized carbons (Fsp3) is 0.474. The lowest BCUT2D eigenvalue weighted by Gasteiger charge is -2.26. The predicted molar refractivity (Wildman–Crippen MR) is 123 cm³/mol. The van der Waals surface area contributed by atoms with Crippen LogP contribution in [0.4, 0.5) is 4.39 Å². The molecule has 0 bridgehead atoms. The monoisotopic (exact) mass is 505 g/mol. The van der Waals surface area contributed by atoms with Gasteiger partial charge >= 0.3 is 0 Å². The number of thiazole rings is 1. The molecule has 0 aliphatic heterocycles. The van der Waals surface area contributed by atoms with Crippen LogP contribution < -0.4 is 10.6 Å². The van der Waals surface area contributed by atoms with Gasteiger partial charge in [-0.25, -0.2) is 14.4 Å². The molecule has 0 aliphatic rings. The second-order valence-electron chi connectivity index (χ2n) is 6.35. The van der Waals surface area contributed by atoms with E-state index >= 15 is 0 Å². The summed E-state index contributed by atoms with van der Waals surface area (Å²) in [6.07, 6.45) is 0. The summed E-state index contributed by atoms with van der Waals surface area (Å²) in [6.45, 7) is 8.14. The number of halogens is 2. The van der Waals surface area contributed by atoms with Crippen molar-refractivity contribution in [2.24, 2.45) is 4.99 Å². The lowest BCUT2D eigenvalue weighted by atomic mass is 10.1. The van der Waals surface area contributed by atoms with E-state index in [4.69, 9.17) is 0 Å². The van der Waals surface area contributed by atoms with E-state index in [1.165, 1.54) is 17.0 Å². The van der Waals surface area contributed by atoms with Gasteiger partial charge in [0.2, 0.25) is 0 Å². The smallest absolute Gasteiger partial charge is 0.191 e. The Morgan fingerprint density at radius 3 is 2.41 bits per heavy atom. The lowest BCUT2D eigenvalue weighted by molar-refractivity contribution is 0.298. The number of aliphatic imine (C=N–C) groups is 1. The van der Waals surface area contributed by atoms with Gasteiger partial charge in [-0.1, -0.05) is 12.1 Å². The third-order valence-electron chi connectivity index (χ3n) is 4.07.